The van der Waals surface area contributed by atoms with Crippen molar-refractivity contribution in [3.05, 3.63) is 24.8 Å². The van der Waals surface area contributed by atoms with E-state index in [0.717, 1.165) is 25.7 Å². The van der Waals surface area contributed by atoms with Gasteiger partial charge in [-0.25, -0.2) is 0 Å². The van der Waals surface area contributed by atoms with E-state index < -0.39 is 17.9 Å². The van der Waals surface area contributed by atoms with Gasteiger partial charge in [-0.05, 0) is 32.1 Å². The summed E-state index contributed by atoms with van der Waals surface area (Å²) in [6, 6.07) is 0. The van der Waals surface area contributed by atoms with E-state index in [1.54, 1.807) is 0 Å². The van der Waals surface area contributed by atoms with Gasteiger partial charge < -0.3 is 9.84 Å². The van der Waals surface area contributed by atoms with Crippen molar-refractivity contribution < 1.29 is 19.4 Å². The summed E-state index contributed by atoms with van der Waals surface area (Å²) < 4.78 is 4.89. The van der Waals surface area contributed by atoms with E-state index >= 15 is 0 Å². The summed E-state index contributed by atoms with van der Waals surface area (Å²) in [6.07, 6.45) is 29.8. The zero-order valence-corrected chi connectivity index (χ0v) is 21.5. The van der Waals surface area contributed by atoms with Crippen LogP contribution in [0.25, 0.3) is 0 Å². The molecule has 0 saturated heterocycles. The first-order chi connectivity index (χ1) is 16.1. The van der Waals surface area contributed by atoms with Gasteiger partial charge in [-0.3, -0.25) is 9.59 Å². The fraction of sp³-hybridized carbons (Fsp3) is 0.793. The number of esters is 1. The Bertz CT molecular complexity index is 498. The van der Waals surface area contributed by atoms with Crippen molar-refractivity contribution in [2.45, 2.75) is 135 Å². The van der Waals surface area contributed by atoms with Gasteiger partial charge in [0.15, 0.2) is 0 Å². The molecule has 0 rings (SSSR count). The molecular weight excluding hydrogens is 412 g/mol. The van der Waals surface area contributed by atoms with Crippen LogP contribution in [0.4, 0.5) is 0 Å². The molecule has 0 aromatic carbocycles. The van der Waals surface area contributed by atoms with Crippen molar-refractivity contribution in [3.8, 4) is 0 Å². The molecule has 192 valence electrons. The van der Waals surface area contributed by atoms with E-state index in [4.69, 9.17) is 4.74 Å². The van der Waals surface area contributed by atoms with E-state index in [1.165, 1.54) is 96.0 Å². The van der Waals surface area contributed by atoms with E-state index in [9.17, 15) is 14.7 Å². The molecule has 0 spiro atoms. The van der Waals surface area contributed by atoms with Crippen LogP contribution in [-0.2, 0) is 14.3 Å². The third-order valence-corrected chi connectivity index (χ3v) is 6.19. The lowest BCUT2D eigenvalue weighted by Gasteiger charge is -2.11. The number of aliphatic carboxylic acids is 1. The Morgan fingerprint density at radius 3 is 1.67 bits per heavy atom. The molecule has 0 fully saturated rings. The third-order valence-electron chi connectivity index (χ3n) is 6.19. The Kier molecular flexibility index (Phi) is 23.9. The Morgan fingerprint density at radius 1 is 0.758 bits per heavy atom. The first-order valence-corrected chi connectivity index (χ1v) is 13.8. The smallest absolute Gasteiger partial charge is 0.307 e. The molecule has 1 N–H and O–H groups in total. The van der Waals surface area contributed by atoms with Crippen LogP contribution in [-0.4, -0.2) is 23.7 Å². The maximum absolute atomic E-state index is 11.6. The number of unbranched alkanes of at least 4 members (excludes halogenated alkanes) is 16. The first-order valence-electron chi connectivity index (χ1n) is 13.8. The number of ether oxygens (including phenoxy) is 1. The Balaban J connectivity index is 3.44. The zero-order chi connectivity index (χ0) is 24.4. The van der Waals surface area contributed by atoms with Gasteiger partial charge in [-0.2, -0.15) is 0 Å². The van der Waals surface area contributed by atoms with Gasteiger partial charge in [0.05, 0.1) is 12.3 Å². The Hall–Kier alpha value is -1.58. The predicted octanol–water partition coefficient (Wildman–Crippen LogP) is 8.79. The highest BCUT2D eigenvalue weighted by Gasteiger charge is 2.21. The third kappa shape index (κ3) is 23.4. The molecule has 1 unspecified atom stereocenters. The van der Waals surface area contributed by atoms with Crippen molar-refractivity contribution in [1.82, 2.24) is 0 Å². The van der Waals surface area contributed by atoms with Gasteiger partial charge in [-0.1, -0.05) is 122 Å². The van der Waals surface area contributed by atoms with Crippen LogP contribution >= 0.6 is 0 Å². The average Bonchev–Trinajstić information content (AvgIpc) is 2.80. The van der Waals surface area contributed by atoms with Crippen LogP contribution in [0.5, 0.6) is 0 Å². The molecule has 0 radical (unpaired) electrons. The lowest BCUT2D eigenvalue weighted by Crippen LogP contribution is -2.19. The number of hydrogen-bond acceptors (Lipinski definition) is 3. The Labute approximate surface area is 204 Å². The number of carbonyl (C=O) groups excluding carboxylic acids is 1. The Morgan fingerprint density at radius 2 is 1.21 bits per heavy atom. The first kappa shape index (κ1) is 31.4. The minimum Gasteiger partial charge on any atom is -0.481 e. The molecule has 0 aliphatic carbocycles. The van der Waals surface area contributed by atoms with Crippen LogP contribution in [0, 0.1) is 5.92 Å². The van der Waals surface area contributed by atoms with Gasteiger partial charge in [0.1, 0.15) is 6.61 Å². The predicted molar refractivity (Wildman–Crippen MR) is 139 cm³/mol. The lowest BCUT2D eigenvalue weighted by atomic mass is 9.98. The molecule has 4 heteroatoms. The lowest BCUT2D eigenvalue weighted by molar-refractivity contribution is -0.151. The SMILES string of the molecule is C=CCOC(=O)CC(CCCC/C=C/CCCCCCCCCCCCCCCC)C(=O)O. The molecule has 33 heavy (non-hydrogen) atoms. The van der Waals surface area contributed by atoms with Gasteiger partial charge in [0.2, 0.25) is 0 Å². The fourth-order valence-electron chi connectivity index (χ4n) is 4.07. The number of carboxylic acid groups (broad SMARTS) is 1. The maximum Gasteiger partial charge on any atom is 0.307 e. The van der Waals surface area contributed by atoms with Crippen molar-refractivity contribution in [2.24, 2.45) is 5.92 Å². The van der Waals surface area contributed by atoms with Crippen LogP contribution in [0.2, 0.25) is 0 Å². The van der Waals surface area contributed by atoms with Crippen LogP contribution < -0.4 is 0 Å². The minimum atomic E-state index is -0.918. The molecule has 0 heterocycles. The van der Waals surface area contributed by atoms with E-state index in [-0.39, 0.29) is 13.0 Å². The van der Waals surface area contributed by atoms with Gasteiger partial charge >= 0.3 is 11.9 Å². The number of rotatable bonds is 25. The number of carbonyl (C=O) groups is 2. The van der Waals surface area contributed by atoms with Gasteiger partial charge in [-0.15, -0.1) is 0 Å². The number of allylic oxidation sites excluding steroid dienone is 2. The quantitative estimate of drug-likeness (QED) is 0.0832. The molecule has 0 aliphatic heterocycles. The standard InChI is InChI=1S/C29H52O4/c1-3-5-6-7-8-9-10-11-12-13-14-15-16-17-18-19-20-21-22-23-24-27(29(31)32)26-28(30)33-25-4-2/h4,19-20,27H,2-3,5-18,21-26H2,1H3,(H,31,32)/b20-19+. The second-order valence-electron chi connectivity index (χ2n) is 9.35. The van der Waals surface area contributed by atoms with Crippen molar-refractivity contribution >= 4 is 11.9 Å². The van der Waals surface area contributed by atoms with Crippen LogP contribution in [0.3, 0.4) is 0 Å². The largest absolute Gasteiger partial charge is 0.481 e. The molecule has 1 atom stereocenters. The van der Waals surface area contributed by atoms with Crippen molar-refractivity contribution in [1.29, 1.82) is 0 Å². The molecule has 4 nitrogen and oxygen atoms in total. The summed E-state index contributed by atoms with van der Waals surface area (Å²) >= 11 is 0. The minimum absolute atomic E-state index is 0.0574. The highest BCUT2D eigenvalue weighted by molar-refractivity contribution is 5.78. The van der Waals surface area contributed by atoms with E-state index in [2.05, 4.69) is 25.7 Å². The van der Waals surface area contributed by atoms with E-state index in [0.29, 0.717) is 6.42 Å². The molecule has 0 aromatic heterocycles. The van der Waals surface area contributed by atoms with Gasteiger partial charge in [0.25, 0.3) is 0 Å². The van der Waals surface area contributed by atoms with Crippen LogP contribution in [0.1, 0.15) is 135 Å². The molecule has 0 amide bonds. The second-order valence-corrected chi connectivity index (χ2v) is 9.35. The molecule has 0 bridgehead atoms. The second kappa shape index (κ2) is 25.1. The summed E-state index contributed by atoms with van der Waals surface area (Å²) in [6.45, 7) is 5.89. The molecule has 0 aromatic rings. The molecule has 0 aliphatic rings. The number of carboxylic acids is 1. The van der Waals surface area contributed by atoms with Crippen molar-refractivity contribution in [2.75, 3.05) is 6.61 Å². The molecular formula is C29H52O4. The highest BCUT2D eigenvalue weighted by atomic mass is 16.5. The highest BCUT2D eigenvalue weighted by Crippen LogP contribution is 2.16. The summed E-state index contributed by atoms with van der Waals surface area (Å²) in [4.78, 5) is 22.9. The maximum atomic E-state index is 11.6. The summed E-state index contributed by atoms with van der Waals surface area (Å²) in [5.41, 5.74) is 0. The zero-order valence-electron chi connectivity index (χ0n) is 21.5. The molecule has 0 saturated carbocycles. The van der Waals surface area contributed by atoms with Crippen molar-refractivity contribution in [3.63, 3.8) is 0 Å². The summed E-state index contributed by atoms with van der Waals surface area (Å²) in [5.74, 6) is -2.03. The average molecular weight is 465 g/mol. The number of hydrogen-bond donors (Lipinski definition) is 1. The monoisotopic (exact) mass is 464 g/mol. The summed E-state index contributed by atoms with van der Waals surface area (Å²) in [7, 11) is 0. The summed E-state index contributed by atoms with van der Waals surface area (Å²) in [5, 5.41) is 9.26. The van der Waals surface area contributed by atoms with Crippen LogP contribution in [0.15, 0.2) is 24.8 Å². The van der Waals surface area contributed by atoms with Gasteiger partial charge in [0, 0.05) is 0 Å². The normalized spacial score (nSPS) is 12.2. The fourth-order valence-corrected chi connectivity index (χ4v) is 4.07. The van der Waals surface area contributed by atoms with E-state index in [1.807, 2.05) is 0 Å². The topological polar surface area (TPSA) is 63.6 Å².